The molecule has 2 amide bonds. The van der Waals surface area contributed by atoms with E-state index in [1.807, 2.05) is 66.7 Å². The molecule has 31 heavy (non-hydrogen) atoms. The minimum Gasteiger partial charge on any atom is -0.454 e. The first-order chi connectivity index (χ1) is 15.3. The van der Waals surface area contributed by atoms with Gasteiger partial charge in [0.25, 0.3) is 0 Å². The van der Waals surface area contributed by atoms with Crippen LogP contribution in [0.1, 0.15) is 22.2 Å². The van der Waals surface area contributed by atoms with E-state index in [0.717, 1.165) is 37.6 Å². The quantitative estimate of drug-likeness (QED) is 0.485. The molecule has 2 aliphatic heterocycles. The summed E-state index contributed by atoms with van der Waals surface area (Å²) in [5, 5.41) is 6.95. The average Bonchev–Trinajstić information content (AvgIpc) is 3.45. The molecule has 1 atom stereocenters. The molecule has 0 saturated heterocycles. The number of hydrogen-bond acceptors (Lipinski definition) is 5. The minimum absolute atomic E-state index is 0.202. The van der Waals surface area contributed by atoms with Crippen molar-refractivity contribution in [3.05, 3.63) is 88.9 Å². The van der Waals surface area contributed by atoms with E-state index in [9.17, 15) is 4.79 Å². The number of aromatic nitrogens is 1. The van der Waals surface area contributed by atoms with Crippen LogP contribution in [-0.2, 0) is 0 Å². The first-order valence-electron chi connectivity index (χ1n) is 9.89. The van der Waals surface area contributed by atoms with Gasteiger partial charge < -0.3 is 20.1 Å². The predicted octanol–water partition coefficient (Wildman–Crippen LogP) is 4.95. The molecule has 6 nitrogen and oxygen atoms in total. The van der Waals surface area contributed by atoms with E-state index in [1.165, 1.54) is 0 Å². The number of nitrogens with zero attached hydrogens (tertiary/aromatic N) is 1. The van der Waals surface area contributed by atoms with Crippen molar-refractivity contribution in [1.29, 1.82) is 0 Å². The molecule has 3 heterocycles. The van der Waals surface area contributed by atoms with Crippen molar-refractivity contribution < 1.29 is 14.3 Å². The molecule has 0 fully saturated rings. The number of para-hydroxylation sites is 1. The van der Waals surface area contributed by atoms with Crippen LogP contribution in [0.25, 0.3) is 21.5 Å². The van der Waals surface area contributed by atoms with E-state index in [2.05, 4.69) is 16.7 Å². The Kier molecular flexibility index (Phi) is 4.14. The molecule has 0 spiro atoms. The SMILES string of the molecule is O=C1NC(c2ccccc2)=C(c2nc3ccccc3s2)[C@@H](c2ccc3c(c2)OCO3)N1. The van der Waals surface area contributed by atoms with Gasteiger partial charge in [-0.2, -0.15) is 0 Å². The standard InChI is InChI=1S/C24H17N3O3S/c28-24-26-21(14-6-2-1-3-7-14)20(23-25-16-8-4-5-9-19(16)31-23)22(27-24)15-10-11-17-18(12-15)30-13-29-17/h1-12,22H,13H2,(H2,26,27,28)/t22-/m1/s1. The van der Waals surface area contributed by atoms with E-state index in [0.29, 0.717) is 11.5 Å². The summed E-state index contributed by atoms with van der Waals surface area (Å²) in [4.78, 5) is 17.6. The van der Waals surface area contributed by atoms with Gasteiger partial charge in [0.15, 0.2) is 11.5 Å². The van der Waals surface area contributed by atoms with Gasteiger partial charge in [-0.1, -0.05) is 48.5 Å². The summed E-state index contributed by atoms with van der Waals surface area (Å²) in [6.45, 7) is 0.202. The Balaban J connectivity index is 1.59. The van der Waals surface area contributed by atoms with E-state index in [-0.39, 0.29) is 18.9 Å². The third-order valence-electron chi connectivity index (χ3n) is 5.39. The molecule has 4 aromatic rings. The van der Waals surface area contributed by atoms with E-state index in [1.54, 1.807) is 11.3 Å². The second kappa shape index (κ2) is 7.14. The number of thiazole rings is 1. The van der Waals surface area contributed by atoms with Gasteiger partial charge in [0, 0.05) is 5.57 Å². The Hall–Kier alpha value is -3.84. The van der Waals surface area contributed by atoms with Gasteiger partial charge >= 0.3 is 6.03 Å². The van der Waals surface area contributed by atoms with Crippen LogP contribution in [0.15, 0.2) is 72.8 Å². The van der Waals surface area contributed by atoms with Crippen molar-refractivity contribution in [1.82, 2.24) is 15.6 Å². The molecule has 3 aromatic carbocycles. The fourth-order valence-corrected chi connectivity index (χ4v) is 5.00. The van der Waals surface area contributed by atoms with Crippen LogP contribution in [0, 0.1) is 0 Å². The van der Waals surface area contributed by atoms with Gasteiger partial charge in [-0.05, 0) is 35.4 Å². The fraction of sp³-hybridized carbons (Fsp3) is 0.0833. The third-order valence-corrected chi connectivity index (χ3v) is 6.46. The first kappa shape index (κ1) is 18.0. The molecular formula is C24H17N3O3S. The molecule has 0 unspecified atom stereocenters. The highest BCUT2D eigenvalue weighted by atomic mass is 32.1. The Morgan fingerprint density at radius 1 is 0.935 bits per heavy atom. The van der Waals surface area contributed by atoms with Crippen molar-refractivity contribution in [2.24, 2.45) is 0 Å². The molecule has 2 N–H and O–H groups in total. The number of benzene rings is 3. The first-order valence-corrected chi connectivity index (χ1v) is 10.7. The molecule has 152 valence electrons. The zero-order valence-electron chi connectivity index (χ0n) is 16.3. The number of urea groups is 1. The average molecular weight is 427 g/mol. The van der Waals surface area contributed by atoms with Gasteiger partial charge in [-0.25, -0.2) is 9.78 Å². The van der Waals surface area contributed by atoms with Crippen molar-refractivity contribution in [3.63, 3.8) is 0 Å². The van der Waals surface area contributed by atoms with E-state index >= 15 is 0 Å². The Morgan fingerprint density at radius 2 is 1.74 bits per heavy atom. The lowest BCUT2D eigenvalue weighted by Gasteiger charge is -2.30. The van der Waals surface area contributed by atoms with Crippen molar-refractivity contribution in [2.75, 3.05) is 6.79 Å². The van der Waals surface area contributed by atoms with Crippen LogP contribution >= 0.6 is 11.3 Å². The number of ether oxygens (including phenoxy) is 2. The van der Waals surface area contributed by atoms with Crippen LogP contribution in [0.3, 0.4) is 0 Å². The second-order valence-electron chi connectivity index (χ2n) is 7.29. The topological polar surface area (TPSA) is 72.5 Å². The molecular weight excluding hydrogens is 410 g/mol. The highest BCUT2D eigenvalue weighted by Crippen LogP contribution is 2.43. The maximum Gasteiger partial charge on any atom is 0.320 e. The number of fused-ring (bicyclic) bond motifs is 2. The minimum atomic E-state index is -0.390. The molecule has 1 aromatic heterocycles. The van der Waals surface area contributed by atoms with Gasteiger partial charge in [0.05, 0.1) is 22.0 Å². The number of amides is 2. The van der Waals surface area contributed by atoms with Crippen LogP contribution in [0.5, 0.6) is 11.5 Å². The summed E-state index contributed by atoms with van der Waals surface area (Å²) in [7, 11) is 0. The summed E-state index contributed by atoms with van der Waals surface area (Å²) < 4.78 is 12.1. The lowest BCUT2D eigenvalue weighted by atomic mass is 9.93. The van der Waals surface area contributed by atoms with Crippen molar-refractivity contribution in [3.8, 4) is 11.5 Å². The normalized spacial score (nSPS) is 17.5. The van der Waals surface area contributed by atoms with E-state index < -0.39 is 0 Å². The molecule has 2 aliphatic rings. The smallest absolute Gasteiger partial charge is 0.320 e. The number of rotatable bonds is 3. The Labute approximate surface area is 182 Å². The monoisotopic (exact) mass is 427 g/mol. The van der Waals surface area contributed by atoms with Crippen LogP contribution in [0.4, 0.5) is 4.79 Å². The zero-order chi connectivity index (χ0) is 20.8. The highest BCUT2D eigenvalue weighted by molar-refractivity contribution is 7.19. The molecule has 0 aliphatic carbocycles. The predicted molar refractivity (Wildman–Crippen MR) is 120 cm³/mol. The van der Waals surface area contributed by atoms with Gasteiger partial charge in [0.2, 0.25) is 6.79 Å². The number of nitrogens with one attached hydrogen (secondary N) is 2. The van der Waals surface area contributed by atoms with Gasteiger partial charge in [0.1, 0.15) is 5.01 Å². The Bertz CT molecular complexity index is 1310. The molecule has 7 heteroatoms. The lowest BCUT2D eigenvalue weighted by Crippen LogP contribution is -2.42. The number of carbonyl (C=O) groups excluding carboxylic acids is 1. The van der Waals surface area contributed by atoms with Crippen molar-refractivity contribution in [2.45, 2.75) is 6.04 Å². The summed E-state index contributed by atoms with van der Waals surface area (Å²) in [5.41, 5.74) is 4.44. The largest absolute Gasteiger partial charge is 0.454 e. The lowest BCUT2D eigenvalue weighted by molar-refractivity contribution is 0.174. The van der Waals surface area contributed by atoms with E-state index in [4.69, 9.17) is 14.5 Å². The zero-order valence-corrected chi connectivity index (χ0v) is 17.1. The molecule has 0 saturated carbocycles. The number of hydrogen-bond donors (Lipinski definition) is 2. The number of carbonyl (C=O) groups is 1. The summed E-state index contributed by atoms with van der Waals surface area (Å²) in [6.07, 6.45) is 0. The fourth-order valence-electron chi connectivity index (χ4n) is 3.96. The Morgan fingerprint density at radius 3 is 2.61 bits per heavy atom. The third kappa shape index (κ3) is 3.10. The second-order valence-corrected chi connectivity index (χ2v) is 8.32. The molecule has 0 bridgehead atoms. The van der Waals surface area contributed by atoms with Crippen LogP contribution in [0.2, 0.25) is 0 Å². The maximum absolute atomic E-state index is 12.7. The molecule has 0 radical (unpaired) electrons. The highest BCUT2D eigenvalue weighted by Gasteiger charge is 2.33. The molecule has 6 rings (SSSR count). The maximum atomic E-state index is 12.7. The van der Waals surface area contributed by atoms with Crippen LogP contribution in [-0.4, -0.2) is 17.8 Å². The van der Waals surface area contributed by atoms with Crippen LogP contribution < -0.4 is 20.1 Å². The van der Waals surface area contributed by atoms with Gasteiger partial charge in [-0.3, -0.25) is 0 Å². The van der Waals surface area contributed by atoms with Gasteiger partial charge in [-0.15, -0.1) is 11.3 Å². The summed E-state index contributed by atoms with van der Waals surface area (Å²) >= 11 is 1.61. The summed E-state index contributed by atoms with van der Waals surface area (Å²) in [5.74, 6) is 1.38. The van der Waals surface area contributed by atoms with Crippen molar-refractivity contribution >= 4 is 38.9 Å². The summed E-state index contributed by atoms with van der Waals surface area (Å²) in [6, 6.07) is 23.0.